The second-order valence-electron chi connectivity index (χ2n) is 3.78. The van der Waals surface area contributed by atoms with Gasteiger partial charge in [0.15, 0.2) is 5.69 Å². The lowest BCUT2D eigenvalue weighted by atomic mass is 10.1. The molecule has 4 nitrogen and oxygen atoms in total. The van der Waals surface area contributed by atoms with Gasteiger partial charge in [-0.05, 0) is 18.6 Å². The van der Waals surface area contributed by atoms with Crippen molar-refractivity contribution in [2.45, 2.75) is 13.3 Å². The van der Waals surface area contributed by atoms with Crippen LogP contribution >= 0.6 is 0 Å². The van der Waals surface area contributed by atoms with E-state index in [9.17, 15) is 4.79 Å². The molecule has 0 unspecified atom stereocenters. The van der Waals surface area contributed by atoms with E-state index < -0.39 is 5.97 Å². The molecule has 0 saturated heterocycles. The van der Waals surface area contributed by atoms with Crippen LogP contribution in [0.25, 0.3) is 0 Å². The van der Waals surface area contributed by atoms with Gasteiger partial charge in [0.2, 0.25) is 0 Å². The van der Waals surface area contributed by atoms with Crippen LogP contribution in [-0.4, -0.2) is 21.0 Å². The smallest absolute Gasteiger partial charge is 0.354 e. The van der Waals surface area contributed by atoms with Crippen molar-refractivity contribution >= 4 is 5.97 Å². The molecule has 2 aromatic rings. The summed E-state index contributed by atoms with van der Waals surface area (Å²) in [5.74, 6) is -0.488. The molecule has 17 heavy (non-hydrogen) atoms. The van der Waals surface area contributed by atoms with E-state index in [-0.39, 0.29) is 5.69 Å². The Labute approximate surface area is 99.0 Å². The molecule has 0 spiro atoms. The number of aryl methyl sites for hydroxylation is 1. The minimum Gasteiger partial charge on any atom is -0.477 e. The SMILES string of the molecule is Cc1cc(C(=O)O)nc(Cc2ccccc2)n1. The second-order valence-corrected chi connectivity index (χ2v) is 3.78. The van der Waals surface area contributed by atoms with Crippen LogP contribution in [0.4, 0.5) is 0 Å². The molecule has 4 heteroatoms. The third kappa shape index (κ3) is 2.87. The molecular weight excluding hydrogens is 216 g/mol. The minimum absolute atomic E-state index is 0.0448. The number of carbonyl (C=O) groups is 1. The fourth-order valence-electron chi connectivity index (χ4n) is 1.60. The number of carboxylic acids is 1. The first-order chi connectivity index (χ1) is 8.15. The molecule has 0 bridgehead atoms. The van der Waals surface area contributed by atoms with Gasteiger partial charge in [0.25, 0.3) is 0 Å². The molecule has 0 radical (unpaired) electrons. The van der Waals surface area contributed by atoms with E-state index in [2.05, 4.69) is 9.97 Å². The topological polar surface area (TPSA) is 63.1 Å². The number of carboxylic acid groups (broad SMARTS) is 1. The highest BCUT2D eigenvalue weighted by Gasteiger charge is 2.08. The highest BCUT2D eigenvalue weighted by molar-refractivity contribution is 5.85. The van der Waals surface area contributed by atoms with Crippen LogP contribution in [0.3, 0.4) is 0 Å². The summed E-state index contributed by atoms with van der Waals surface area (Å²) in [4.78, 5) is 19.1. The fourth-order valence-corrected chi connectivity index (χ4v) is 1.60. The molecule has 2 rings (SSSR count). The largest absolute Gasteiger partial charge is 0.477 e. The molecule has 0 atom stereocenters. The van der Waals surface area contributed by atoms with E-state index in [1.807, 2.05) is 30.3 Å². The highest BCUT2D eigenvalue weighted by atomic mass is 16.4. The first-order valence-corrected chi connectivity index (χ1v) is 5.27. The minimum atomic E-state index is -1.02. The Morgan fingerprint density at radius 3 is 2.59 bits per heavy atom. The Hall–Kier alpha value is -2.23. The second kappa shape index (κ2) is 4.74. The summed E-state index contributed by atoms with van der Waals surface area (Å²) in [6, 6.07) is 11.2. The van der Waals surface area contributed by atoms with E-state index in [1.165, 1.54) is 6.07 Å². The predicted octanol–water partition coefficient (Wildman–Crippen LogP) is 2.07. The maximum absolute atomic E-state index is 10.9. The fraction of sp³-hybridized carbons (Fsp3) is 0.154. The summed E-state index contributed by atoms with van der Waals surface area (Å²) in [6.45, 7) is 1.77. The average Bonchev–Trinajstić information content (AvgIpc) is 2.29. The van der Waals surface area contributed by atoms with Crippen molar-refractivity contribution < 1.29 is 9.90 Å². The van der Waals surface area contributed by atoms with E-state index in [4.69, 9.17) is 5.11 Å². The van der Waals surface area contributed by atoms with Crippen molar-refractivity contribution in [3.05, 3.63) is 59.2 Å². The van der Waals surface area contributed by atoms with Gasteiger partial charge >= 0.3 is 5.97 Å². The first kappa shape index (κ1) is 11.3. The zero-order valence-electron chi connectivity index (χ0n) is 9.42. The van der Waals surface area contributed by atoms with Crippen LogP contribution in [0.1, 0.15) is 27.6 Å². The van der Waals surface area contributed by atoms with Crippen molar-refractivity contribution in [1.82, 2.24) is 9.97 Å². The van der Waals surface area contributed by atoms with E-state index >= 15 is 0 Å². The lowest BCUT2D eigenvalue weighted by Gasteiger charge is -2.03. The average molecular weight is 228 g/mol. The molecule has 86 valence electrons. The zero-order valence-corrected chi connectivity index (χ0v) is 9.42. The molecule has 0 aliphatic heterocycles. The predicted molar refractivity (Wildman–Crippen MR) is 63.0 cm³/mol. The van der Waals surface area contributed by atoms with Crippen LogP contribution in [0.5, 0.6) is 0 Å². The normalized spacial score (nSPS) is 10.2. The summed E-state index contributed by atoms with van der Waals surface area (Å²) in [5, 5.41) is 8.91. The van der Waals surface area contributed by atoms with Gasteiger partial charge in [-0.15, -0.1) is 0 Å². The highest BCUT2D eigenvalue weighted by Crippen LogP contribution is 2.07. The van der Waals surface area contributed by atoms with Gasteiger partial charge in [0.05, 0.1) is 0 Å². The van der Waals surface area contributed by atoms with Gasteiger partial charge in [-0.2, -0.15) is 0 Å². The van der Waals surface area contributed by atoms with E-state index in [1.54, 1.807) is 6.92 Å². The van der Waals surface area contributed by atoms with E-state index in [0.29, 0.717) is 17.9 Å². The number of aromatic nitrogens is 2. The van der Waals surface area contributed by atoms with Crippen LogP contribution < -0.4 is 0 Å². The maximum atomic E-state index is 10.9. The zero-order chi connectivity index (χ0) is 12.3. The number of nitrogens with zero attached hydrogens (tertiary/aromatic N) is 2. The Kier molecular flexibility index (Phi) is 3.14. The van der Waals surface area contributed by atoms with Gasteiger partial charge < -0.3 is 5.11 Å². The van der Waals surface area contributed by atoms with Crippen LogP contribution in [0.15, 0.2) is 36.4 Å². The molecule has 1 aromatic carbocycles. The van der Waals surface area contributed by atoms with Crippen LogP contribution in [-0.2, 0) is 6.42 Å². The van der Waals surface area contributed by atoms with Crippen molar-refractivity contribution in [3.63, 3.8) is 0 Å². The van der Waals surface area contributed by atoms with E-state index in [0.717, 1.165) is 5.56 Å². The van der Waals surface area contributed by atoms with Crippen LogP contribution in [0, 0.1) is 6.92 Å². The monoisotopic (exact) mass is 228 g/mol. The quantitative estimate of drug-likeness (QED) is 0.873. The van der Waals surface area contributed by atoms with Gasteiger partial charge in [-0.3, -0.25) is 0 Å². The Balaban J connectivity index is 2.30. The number of hydrogen-bond donors (Lipinski definition) is 1. The Bertz CT molecular complexity index is 538. The number of aromatic carboxylic acids is 1. The summed E-state index contributed by atoms with van der Waals surface area (Å²) in [5.41, 5.74) is 1.78. The molecule has 0 saturated carbocycles. The van der Waals surface area contributed by atoms with Gasteiger partial charge in [-0.25, -0.2) is 14.8 Å². The number of hydrogen-bond acceptors (Lipinski definition) is 3. The molecule has 0 aliphatic carbocycles. The Morgan fingerprint density at radius 1 is 1.24 bits per heavy atom. The maximum Gasteiger partial charge on any atom is 0.354 e. The van der Waals surface area contributed by atoms with Crippen LogP contribution in [0.2, 0.25) is 0 Å². The van der Waals surface area contributed by atoms with Gasteiger partial charge in [0, 0.05) is 12.1 Å². The molecule has 1 aromatic heterocycles. The van der Waals surface area contributed by atoms with Crippen molar-refractivity contribution in [2.24, 2.45) is 0 Å². The number of rotatable bonds is 3. The molecule has 0 amide bonds. The number of benzene rings is 1. The summed E-state index contributed by atoms with van der Waals surface area (Å²) in [7, 11) is 0. The summed E-state index contributed by atoms with van der Waals surface area (Å²) >= 11 is 0. The molecule has 0 aliphatic rings. The third-order valence-electron chi connectivity index (χ3n) is 2.32. The molecular formula is C13H12N2O2. The molecule has 1 heterocycles. The summed E-state index contributed by atoms with van der Waals surface area (Å²) < 4.78 is 0. The third-order valence-corrected chi connectivity index (χ3v) is 2.32. The van der Waals surface area contributed by atoms with Crippen molar-refractivity contribution in [3.8, 4) is 0 Å². The van der Waals surface area contributed by atoms with Gasteiger partial charge in [-0.1, -0.05) is 30.3 Å². The lowest BCUT2D eigenvalue weighted by Crippen LogP contribution is -2.07. The lowest BCUT2D eigenvalue weighted by molar-refractivity contribution is 0.0689. The van der Waals surface area contributed by atoms with Gasteiger partial charge in [0.1, 0.15) is 5.82 Å². The first-order valence-electron chi connectivity index (χ1n) is 5.27. The van der Waals surface area contributed by atoms with Crippen molar-refractivity contribution in [1.29, 1.82) is 0 Å². The molecule has 0 fully saturated rings. The Morgan fingerprint density at radius 2 is 1.94 bits per heavy atom. The summed E-state index contributed by atoms with van der Waals surface area (Å²) in [6.07, 6.45) is 0.544. The standard InChI is InChI=1S/C13H12N2O2/c1-9-7-11(13(16)17)15-12(14-9)8-10-5-3-2-4-6-10/h2-7H,8H2,1H3,(H,16,17). The van der Waals surface area contributed by atoms with Crippen molar-refractivity contribution in [2.75, 3.05) is 0 Å². The molecule has 1 N–H and O–H groups in total.